The molecule has 0 saturated carbocycles. The minimum atomic E-state index is -2.87. The molecule has 1 rings (SSSR count). The molecule has 0 aromatic carbocycles. The highest BCUT2D eigenvalue weighted by atomic mass is 32.2. The van der Waals surface area contributed by atoms with Crippen molar-refractivity contribution in [2.24, 2.45) is 5.92 Å². The maximum Gasteiger partial charge on any atom is 0.148 e. The summed E-state index contributed by atoms with van der Waals surface area (Å²) in [5.74, 6) is 0.853. The molecule has 4 nitrogen and oxygen atoms in total. The molecule has 0 spiro atoms. The Kier molecular flexibility index (Phi) is 4.76. The smallest absolute Gasteiger partial charge is 0.148 e. The summed E-state index contributed by atoms with van der Waals surface area (Å²) in [6.45, 7) is 9.25. The lowest BCUT2D eigenvalue weighted by atomic mass is 10.0. The molecular formula is C11H24N2O2S. The molecule has 1 N–H and O–H groups in total. The second-order valence-electron chi connectivity index (χ2n) is 5.24. The van der Waals surface area contributed by atoms with Gasteiger partial charge >= 0.3 is 0 Å². The Labute approximate surface area is 99.3 Å². The van der Waals surface area contributed by atoms with Crippen LogP contribution in [-0.4, -0.2) is 57.0 Å². The lowest BCUT2D eigenvalue weighted by Crippen LogP contribution is -2.56. The van der Waals surface area contributed by atoms with Gasteiger partial charge in [0.2, 0.25) is 0 Å². The van der Waals surface area contributed by atoms with Crippen molar-refractivity contribution in [1.82, 2.24) is 10.2 Å². The van der Waals surface area contributed by atoms with E-state index in [9.17, 15) is 8.42 Å². The number of hydrogen-bond donors (Lipinski definition) is 1. The van der Waals surface area contributed by atoms with Crippen LogP contribution in [0.3, 0.4) is 0 Å². The maximum atomic E-state index is 11.3. The van der Waals surface area contributed by atoms with Crippen LogP contribution in [0.25, 0.3) is 0 Å². The first kappa shape index (κ1) is 13.9. The minimum Gasteiger partial charge on any atom is -0.311 e. The van der Waals surface area contributed by atoms with Gasteiger partial charge in [0, 0.05) is 38.0 Å². The van der Waals surface area contributed by atoms with Gasteiger partial charge in [0.1, 0.15) is 9.84 Å². The van der Waals surface area contributed by atoms with Gasteiger partial charge in [-0.25, -0.2) is 8.42 Å². The van der Waals surface area contributed by atoms with Gasteiger partial charge in [-0.05, 0) is 12.8 Å². The largest absolute Gasteiger partial charge is 0.311 e. The van der Waals surface area contributed by atoms with Crippen LogP contribution in [0.5, 0.6) is 0 Å². The van der Waals surface area contributed by atoms with Gasteiger partial charge in [0.25, 0.3) is 0 Å². The highest BCUT2D eigenvalue weighted by molar-refractivity contribution is 7.90. The van der Waals surface area contributed by atoms with Gasteiger partial charge in [-0.2, -0.15) is 0 Å². The van der Waals surface area contributed by atoms with E-state index >= 15 is 0 Å². The van der Waals surface area contributed by atoms with Crippen LogP contribution < -0.4 is 5.32 Å². The number of nitrogens with one attached hydrogen (secondary N) is 1. The van der Waals surface area contributed by atoms with Crippen LogP contribution in [0.15, 0.2) is 0 Å². The molecule has 0 bridgehead atoms. The third kappa shape index (κ3) is 4.39. The summed E-state index contributed by atoms with van der Waals surface area (Å²) in [6.07, 6.45) is 1.31. The molecule has 0 aliphatic carbocycles. The van der Waals surface area contributed by atoms with Crippen molar-refractivity contribution >= 4 is 9.84 Å². The fraction of sp³-hybridized carbons (Fsp3) is 1.00. The van der Waals surface area contributed by atoms with E-state index in [2.05, 4.69) is 24.1 Å². The zero-order chi connectivity index (χ0) is 12.3. The molecule has 1 heterocycles. The summed E-state index contributed by atoms with van der Waals surface area (Å²) in [5.41, 5.74) is 0. The Morgan fingerprint density at radius 3 is 2.50 bits per heavy atom. The van der Waals surface area contributed by atoms with Gasteiger partial charge < -0.3 is 5.32 Å². The van der Waals surface area contributed by atoms with E-state index in [0.29, 0.717) is 12.0 Å². The van der Waals surface area contributed by atoms with Crippen LogP contribution in [-0.2, 0) is 9.84 Å². The van der Waals surface area contributed by atoms with E-state index in [1.807, 2.05) is 6.92 Å². The minimum absolute atomic E-state index is 0.123. The Hall–Kier alpha value is -0.130. The average Bonchev–Trinajstić information content (AvgIpc) is 2.15. The summed E-state index contributed by atoms with van der Waals surface area (Å²) in [5, 5.41) is 3.48. The molecule has 1 aliphatic rings. The van der Waals surface area contributed by atoms with Gasteiger partial charge in [0.15, 0.2) is 0 Å². The third-order valence-corrected chi connectivity index (χ3v) is 4.30. The van der Waals surface area contributed by atoms with E-state index in [4.69, 9.17) is 0 Å². The monoisotopic (exact) mass is 248 g/mol. The van der Waals surface area contributed by atoms with E-state index in [1.54, 1.807) is 0 Å². The maximum absolute atomic E-state index is 11.3. The second-order valence-corrected chi connectivity index (χ2v) is 7.43. The zero-order valence-electron chi connectivity index (χ0n) is 10.7. The summed E-state index contributed by atoms with van der Waals surface area (Å²) in [7, 11) is -2.87. The Bertz CT molecular complexity index is 314. The molecule has 1 fully saturated rings. The molecule has 0 amide bonds. The van der Waals surface area contributed by atoms with E-state index in [0.717, 1.165) is 19.6 Å². The molecule has 0 radical (unpaired) electrons. The summed E-state index contributed by atoms with van der Waals surface area (Å²) in [6, 6.07) is 0.606. The lowest BCUT2D eigenvalue weighted by molar-refractivity contribution is 0.144. The summed E-state index contributed by atoms with van der Waals surface area (Å²) in [4.78, 5) is 2.28. The van der Waals surface area contributed by atoms with E-state index in [-0.39, 0.29) is 11.8 Å². The van der Waals surface area contributed by atoms with Crippen LogP contribution >= 0.6 is 0 Å². The molecular weight excluding hydrogens is 224 g/mol. The van der Waals surface area contributed by atoms with Crippen LogP contribution in [0.1, 0.15) is 20.8 Å². The topological polar surface area (TPSA) is 49.4 Å². The second kappa shape index (κ2) is 5.47. The van der Waals surface area contributed by atoms with E-state index < -0.39 is 9.84 Å². The molecule has 96 valence electrons. The van der Waals surface area contributed by atoms with Crippen molar-refractivity contribution in [1.29, 1.82) is 0 Å². The number of hydrogen-bond acceptors (Lipinski definition) is 4. The summed E-state index contributed by atoms with van der Waals surface area (Å²) >= 11 is 0. The normalized spacial score (nSPS) is 25.9. The van der Waals surface area contributed by atoms with Crippen molar-refractivity contribution in [3.8, 4) is 0 Å². The van der Waals surface area contributed by atoms with Gasteiger partial charge in [-0.15, -0.1) is 0 Å². The van der Waals surface area contributed by atoms with Crippen molar-refractivity contribution < 1.29 is 8.42 Å². The van der Waals surface area contributed by atoms with Crippen molar-refractivity contribution in [3.63, 3.8) is 0 Å². The number of piperazine rings is 1. The first-order chi connectivity index (χ1) is 7.29. The molecule has 0 aromatic rings. The van der Waals surface area contributed by atoms with Crippen molar-refractivity contribution in [3.05, 3.63) is 0 Å². The van der Waals surface area contributed by atoms with Crippen LogP contribution in [0.4, 0.5) is 0 Å². The Morgan fingerprint density at radius 1 is 1.38 bits per heavy atom. The van der Waals surface area contributed by atoms with Crippen molar-refractivity contribution in [2.75, 3.05) is 31.6 Å². The first-order valence-electron chi connectivity index (χ1n) is 5.95. The molecule has 5 heteroatoms. The summed E-state index contributed by atoms with van der Waals surface area (Å²) < 4.78 is 22.5. The zero-order valence-corrected chi connectivity index (χ0v) is 11.5. The first-order valence-corrected chi connectivity index (χ1v) is 8.01. The van der Waals surface area contributed by atoms with Crippen LogP contribution in [0, 0.1) is 5.92 Å². The average molecular weight is 248 g/mol. The molecule has 1 saturated heterocycles. The fourth-order valence-corrected chi connectivity index (χ4v) is 3.28. The molecule has 16 heavy (non-hydrogen) atoms. The van der Waals surface area contributed by atoms with E-state index in [1.165, 1.54) is 6.26 Å². The predicted octanol–water partition coefficient (Wildman–Crippen LogP) is 0.349. The Morgan fingerprint density at radius 2 is 2.00 bits per heavy atom. The quantitative estimate of drug-likeness (QED) is 0.780. The number of rotatable bonds is 4. The predicted molar refractivity (Wildman–Crippen MR) is 67.4 cm³/mol. The third-order valence-electron chi connectivity index (χ3n) is 3.21. The van der Waals surface area contributed by atoms with Gasteiger partial charge in [0.05, 0.1) is 5.75 Å². The molecule has 0 aromatic heterocycles. The lowest BCUT2D eigenvalue weighted by Gasteiger charge is -2.38. The van der Waals surface area contributed by atoms with Crippen molar-refractivity contribution in [2.45, 2.75) is 32.9 Å². The highest BCUT2D eigenvalue weighted by Gasteiger charge is 2.26. The standard InChI is InChI=1S/C11H24N2O2S/c1-9(2)11-7-13(6-5-12-11)10(3)8-16(4,14)15/h9-12H,5-8H2,1-4H3. The molecule has 2 atom stereocenters. The van der Waals surface area contributed by atoms with Gasteiger partial charge in [-0.3, -0.25) is 4.90 Å². The molecule has 2 unspecified atom stereocenters. The number of sulfone groups is 1. The SMILES string of the molecule is CC(C)C1CN(C(C)CS(C)(=O)=O)CCN1. The van der Waals surface area contributed by atoms with Gasteiger partial charge in [-0.1, -0.05) is 13.8 Å². The Balaban J connectivity index is 2.53. The number of nitrogens with zero attached hydrogens (tertiary/aromatic N) is 1. The fourth-order valence-electron chi connectivity index (χ4n) is 2.19. The highest BCUT2D eigenvalue weighted by Crippen LogP contribution is 2.11. The van der Waals surface area contributed by atoms with Crippen LogP contribution in [0.2, 0.25) is 0 Å². The molecule has 1 aliphatic heterocycles.